The van der Waals surface area contributed by atoms with Crippen molar-refractivity contribution in [1.29, 1.82) is 0 Å². The fourth-order valence-corrected chi connectivity index (χ4v) is 5.96. The molecule has 41 heavy (non-hydrogen) atoms. The monoisotopic (exact) mass is 566 g/mol. The van der Waals surface area contributed by atoms with E-state index in [1.165, 1.54) is 14.2 Å². The first-order valence-electron chi connectivity index (χ1n) is 14.9. The highest BCUT2D eigenvalue weighted by Crippen LogP contribution is 2.35. The second kappa shape index (κ2) is 13.7. The third kappa shape index (κ3) is 7.60. The van der Waals surface area contributed by atoms with Gasteiger partial charge >= 0.3 is 0 Å². The summed E-state index contributed by atoms with van der Waals surface area (Å²) in [6.45, 7) is 8.77. The van der Waals surface area contributed by atoms with Gasteiger partial charge in [0.2, 0.25) is 0 Å². The Morgan fingerprint density at radius 2 is 1.07 bits per heavy atom. The van der Waals surface area contributed by atoms with E-state index < -0.39 is 5.41 Å². The molecule has 0 unspecified atom stereocenters. The third-order valence-corrected chi connectivity index (χ3v) is 8.73. The Bertz CT molecular complexity index is 1140. The smallest absolute Gasteiger partial charge is 0.162 e. The van der Waals surface area contributed by atoms with Gasteiger partial charge < -0.3 is 19.7 Å². The number of methoxy groups -OCH3 is 2. The fraction of sp³-hybridized carbons (Fsp3) is 0.576. The molecule has 2 saturated heterocycles. The minimum Gasteiger partial charge on any atom is -0.504 e. The van der Waals surface area contributed by atoms with Crippen LogP contribution in [0, 0.1) is 5.41 Å². The zero-order chi connectivity index (χ0) is 29.6. The lowest BCUT2D eigenvalue weighted by Crippen LogP contribution is -2.34. The normalized spacial score (nSPS) is 16.3. The number of benzene rings is 2. The quantitative estimate of drug-likeness (QED) is 0.307. The molecule has 0 bridgehead atoms. The van der Waals surface area contributed by atoms with Gasteiger partial charge in [0.05, 0.1) is 19.6 Å². The predicted molar refractivity (Wildman–Crippen MR) is 159 cm³/mol. The first-order chi connectivity index (χ1) is 19.6. The summed E-state index contributed by atoms with van der Waals surface area (Å²) in [5, 5.41) is 21.3. The first kappa shape index (κ1) is 30.8. The molecule has 2 fully saturated rings. The van der Waals surface area contributed by atoms with Gasteiger partial charge in [-0.3, -0.25) is 19.4 Å². The highest BCUT2D eigenvalue weighted by Gasteiger charge is 2.34. The summed E-state index contributed by atoms with van der Waals surface area (Å²) in [7, 11) is 3.06. The minimum atomic E-state index is -1.11. The Hall–Kier alpha value is -3.10. The topological polar surface area (TPSA) is 99.5 Å². The van der Waals surface area contributed by atoms with Crippen molar-refractivity contribution < 1.29 is 29.3 Å². The lowest BCUT2D eigenvalue weighted by molar-refractivity contribution is -0.138. The summed E-state index contributed by atoms with van der Waals surface area (Å²) in [4.78, 5) is 31.2. The Morgan fingerprint density at radius 1 is 0.707 bits per heavy atom. The largest absolute Gasteiger partial charge is 0.504 e. The maximum absolute atomic E-state index is 13.3. The van der Waals surface area contributed by atoms with E-state index in [1.807, 2.05) is 12.1 Å². The number of carbonyl (C=O) groups excluding carboxylic acids is 2. The Balaban J connectivity index is 1.38. The maximum atomic E-state index is 13.3. The Morgan fingerprint density at radius 3 is 1.41 bits per heavy atom. The van der Waals surface area contributed by atoms with E-state index >= 15 is 0 Å². The van der Waals surface area contributed by atoms with Crippen molar-refractivity contribution in [2.75, 3.05) is 40.4 Å². The van der Waals surface area contributed by atoms with Crippen molar-refractivity contribution in [3.05, 3.63) is 46.5 Å². The van der Waals surface area contributed by atoms with Gasteiger partial charge in [-0.25, -0.2) is 0 Å². The van der Waals surface area contributed by atoms with E-state index in [0.29, 0.717) is 37.4 Å². The number of nitrogens with zero attached hydrogens (tertiary/aromatic N) is 2. The van der Waals surface area contributed by atoms with Gasteiger partial charge in [0.25, 0.3) is 0 Å². The number of likely N-dealkylation sites (tertiary alicyclic amines) is 2. The van der Waals surface area contributed by atoms with Crippen LogP contribution in [-0.2, 0) is 35.5 Å². The molecule has 0 saturated carbocycles. The summed E-state index contributed by atoms with van der Waals surface area (Å²) in [5.41, 5.74) is 2.31. The number of rotatable bonds is 14. The zero-order valence-corrected chi connectivity index (χ0v) is 25.1. The second-order valence-corrected chi connectivity index (χ2v) is 12.0. The molecule has 2 heterocycles. The molecular formula is C33H46N2O6. The van der Waals surface area contributed by atoms with Gasteiger partial charge in [-0.2, -0.15) is 0 Å². The summed E-state index contributed by atoms with van der Waals surface area (Å²) in [5.74, 6) is 0.918. The number of aryl methyl sites for hydroxylation is 2. The molecule has 0 aromatic heterocycles. The number of hydrogen-bond acceptors (Lipinski definition) is 8. The number of ether oxygens (including phenoxy) is 2. The summed E-state index contributed by atoms with van der Waals surface area (Å²) < 4.78 is 10.8. The van der Waals surface area contributed by atoms with Crippen molar-refractivity contribution in [2.24, 2.45) is 5.41 Å². The molecule has 0 radical (unpaired) electrons. The van der Waals surface area contributed by atoms with Crippen LogP contribution in [0.1, 0.15) is 74.6 Å². The van der Waals surface area contributed by atoms with Crippen molar-refractivity contribution in [2.45, 2.75) is 78.3 Å². The molecule has 4 rings (SSSR count). The molecule has 8 heteroatoms. The van der Waals surface area contributed by atoms with E-state index in [9.17, 15) is 19.8 Å². The van der Waals surface area contributed by atoms with Crippen LogP contribution in [0.15, 0.2) is 24.3 Å². The van der Waals surface area contributed by atoms with Crippen LogP contribution in [0.4, 0.5) is 0 Å². The van der Waals surface area contributed by atoms with Crippen LogP contribution in [0.25, 0.3) is 0 Å². The molecule has 2 aromatic carbocycles. The molecule has 2 N–H and O–H groups in total. The lowest BCUT2D eigenvalue weighted by atomic mass is 9.79. The number of phenols is 2. The molecular weight excluding hydrogens is 520 g/mol. The van der Waals surface area contributed by atoms with Crippen LogP contribution >= 0.6 is 0 Å². The molecule has 0 atom stereocenters. The first-order valence-corrected chi connectivity index (χ1v) is 14.9. The molecule has 2 aliphatic heterocycles. The molecule has 0 amide bonds. The molecule has 0 aliphatic carbocycles. The van der Waals surface area contributed by atoms with Gasteiger partial charge in [0.15, 0.2) is 23.0 Å². The van der Waals surface area contributed by atoms with Gasteiger partial charge in [-0.1, -0.05) is 12.1 Å². The zero-order valence-electron chi connectivity index (χ0n) is 25.1. The highest BCUT2D eigenvalue weighted by atomic mass is 16.5. The summed E-state index contributed by atoms with van der Waals surface area (Å²) in [6, 6.07) is 7.47. The number of hydrogen-bond donors (Lipinski definition) is 2. The van der Waals surface area contributed by atoms with E-state index in [2.05, 4.69) is 9.80 Å². The number of ketones is 2. The molecule has 224 valence electrons. The van der Waals surface area contributed by atoms with Crippen LogP contribution in [0.3, 0.4) is 0 Å². The SMILES string of the molecule is COc1cc(CCC(=O)C(C)(C)C(=O)CCc2cc(CN3CCCC3)c(O)c(OC)c2)cc(CN2CCCC2)c1O. The second-order valence-electron chi connectivity index (χ2n) is 12.0. The van der Waals surface area contributed by atoms with Gasteiger partial charge in [0.1, 0.15) is 11.6 Å². The number of phenolic OH excluding ortho intramolecular Hbond substituents is 2. The van der Waals surface area contributed by atoms with Crippen LogP contribution in [0.5, 0.6) is 23.0 Å². The van der Waals surface area contributed by atoms with Gasteiger partial charge in [-0.15, -0.1) is 0 Å². The molecule has 2 aliphatic rings. The summed E-state index contributed by atoms with van der Waals surface area (Å²) >= 11 is 0. The van der Waals surface area contributed by atoms with E-state index in [0.717, 1.165) is 74.1 Å². The van der Waals surface area contributed by atoms with Crippen molar-refractivity contribution >= 4 is 11.6 Å². The number of Topliss-reactive ketones (excluding diaryl/α,β-unsaturated/α-hetero) is 2. The highest BCUT2D eigenvalue weighted by molar-refractivity contribution is 6.06. The average molecular weight is 567 g/mol. The van der Waals surface area contributed by atoms with E-state index in [1.54, 1.807) is 26.0 Å². The molecule has 2 aromatic rings. The average Bonchev–Trinajstić information content (AvgIpc) is 3.67. The lowest BCUT2D eigenvalue weighted by Gasteiger charge is -2.22. The maximum Gasteiger partial charge on any atom is 0.162 e. The third-order valence-electron chi connectivity index (χ3n) is 8.73. The van der Waals surface area contributed by atoms with Crippen LogP contribution in [0.2, 0.25) is 0 Å². The van der Waals surface area contributed by atoms with Crippen LogP contribution in [-0.4, -0.2) is 72.0 Å². The predicted octanol–water partition coefficient (Wildman–Crippen LogP) is 5.04. The van der Waals surface area contributed by atoms with Crippen molar-refractivity contribution in [3.63, 3.8) is 0 Å². The van der Waals surface area contributed by atoms with E-state index in [4.69, 9.17) is 9.47 Å². The van der Waals surface area contributed by atoms with Crippen molar-refractivity contribution in [3.8, 4) is 23.0 Å². The van der Waals surface area contributed by atoms with Crippen LogP contribution < -0.4 is 9.47 Å². The Labute approximate surface area is 244 Å². The standard InChI is InChI=1S/C33H46N2O6/c1-33(2,29(36)11-9-23-17-25(21-34-13-5-6-14-34)31(38)27(19-23)40-3)30(37)12-10-24-18-26(22-35-15-7-8-16-35)32(39)28(20-24)41-4/h17-20,38-39H,5-16,21-22H2,1-4H3. The number of carbonyl (C=O) groups is 2. The van der Waals surface area contributed by atoms with Crippen molar-refractivity contribution in [1.82, 2.24) is 9.80 Å². The summed E-state index contributed by atoms with van der Waals surface area (Å²) in [6.07, 6.45) is 6.03. The minimum absolute atomic E-state index is 0.103. The molecule has 0 spiro atoms. The fourth-order valence-electron chi connectivity index (χ4n) is 5.96. The van der Waals surface area contributed by atoms with Gasteiger partial charge in [-0.05, 0) is 102 Å². The Kier molecular flexibility index (Phi) is 10.3. The van der Waals surface area contributed by atoms with E-state index in [-0.39, 0.29) is 35.9 Å². The number of aromatic hydroxyl groups is 2. The molecule has 8 nitrogen and oxygen atoms in total. The van der Waals surface area contributed by atoms with Gasteiger partial charge in [0, 0.05) is 37.1 Å².